The first-order valence-corrected chi connectivity index (χ1v) is 14.2. The van der Waals surface area contributed by atoms with E-state index in [1.165, 1.54) is 37.1 Å². The summed E-state index contributed by atoms with van der Waals surface area (Å²) in [5, 5.41) is 2.72. The Hall–Kier alpha value is -3.96. The quantitative estimate of drug-likeness (QED) is 0.228. The number of hydrogen-bond acceptors (Lipinski definition) is 5. The number of alkyl halides is 3. The highest BCUT2D eigenvalue weighted by atomic mass is 32.2. The largest absolute Gasteiger partial charge is 0.495 e. The molecule has 4 rings (SSSR count). The van der Waals surface area contributed by atoms with Crippen molar-refractivity contribution >= 4 is 39.1 Å². The molecule has 0 aromatic heterocycles. The summed E-state index contributed by atoms with van der Waals surface area (Å²) in [7, 11) is -3.27. The second-order valence-electron chi connectivity index (χ2n) is 8.67. The van der Waals surface area contributed by atoms with Crippen molar-refractivity contribution in [1.82, 2.24) is 0 Å². The van der Waals surface area contributed by atoms with Crippen LogP contribution in [0.3, 0.4) is 0 Å². The Morgan fingerprint density at radius 1 is 0.925 bits per heavy atom. The van der Waals surface area contributed by atoms with Crippen molar-refractivity contribution in [2.24, 2.45) is 0 Å². The highest BCUT2D eigenvalue weighted by Gasteiger charge is 2.34. The van der Waals surface area contributed by atoms with Crippen molar-refractivity contribution in [3.8, 4) is 5.75 Å². The van der Waals surface area contributed by atoms with Crippen LogP contribution in [-0.4, -0.2) is 28.0 Å². The second kappa shape index (κ2) is 12.1. The molecule has 0 heterocycles. The molecule has 0 spiro atoms. The van der Waals surface area contributed by atoms with Crippen LogP contribution in [0.4, 0.5) is 24.5 Å². The Bertz CT molecular complexity index is 1610. The highest BCUT2D eigenvalue weighted by Crippen LogP contribution is 2.36. The van der Waals surface area contributed by atoms with E-state index in [9.17, 15) is 26.4 Å². The molecule has 1 N–H and O–H groups in total. The minimum Gasteiger partial charge on any atom is -0.495 e. The third-order valence-electron chi connectivity index (χ3n) is 5.77. The van der Waals surface area contributed by atoms with Gasteiger partial charge in [0.15, 0.2) is 0 Å². The average molecular weight is 587 g/mol. The van der Waals surface area contributed by atoms with Gasteiger partial charge in [-0.25, -0.2) is 8.42 Å². The molecular formula is C29H25F3N2O4S2. The molecule has 0 radical (unpaired) electrons. The van der Waals surface area contributed by atoms with Gasteiger partial charge in [-0.15, -0.1) is 0 Å². The predicted molar refractivity (Wildman–Crippen MR) is 149 cm³/mol. The summed E-state index contributed by atoms with van der Waals surface area (Å²) < 4.78 is 74.3. The molecule has 0 aliphatic heterocycles. The molecule has 0 saturated carbocycles. The van der Waals surface area contributed by atoms with Crippen molar-refractivity contribution in [2.45, 2.75) is 27.8 Å². The first-order chi connectivity index (χ1) is 19.0. The number of halogens is 3. The van der Waals surface area contributed by atoms with Gasteiger partial charge in [0.25, 0.3) is 10.0 Å². The topological polar surface area (TPSA) is 75.7 Å². The molecule has 0 fully saturated rings. The minimum atomic E-state index is -4.72. The normalized spacial score (nSPS) is 11.6. The molecule has 208 valence electrons. The van der Waals surface area contributed by atoms with E-state index in [2.05, 4.69) is 5.32 Å². The minimum absolute atomic E-state index is 0.00686. The number of methoxy groups -OCH3 is 1. The zero-order valence-electron chi connectivity index (χ0n) is 21.5. The number of rotatable bonds is 9. The van der Waals surface area contributed by atoms with Crippen LogP contribution in [0.2, 0.25) is 0 Å². The molecule has 11 heteroatoms. The van der Waals surface area contributed by atoms with Gasteiger partial charge in [0.05, 0.1) is 24.0 Å². The lowest BCUT2D eigenvalue weighted by Crippen LogP contribution is -2.38. The SMILES string of the molecule is COc1ccc(C)cc1S(=O)(=O)N(CC(=O)Nc1ccccc1Sc1ccccc1)c1cccc(C(F)(F)F)c1. The smallest absolute Gasteiger partial charge is 0.416 e. The van der Waals surface area contributed by atoms with Crippen LogP contribution in [0.15, 0.2) is 112 Å². The molecule has 0 aliphatic rings. The van der Waals surface area contributed by atoms with Crippen LogP contribution in [0.25, 0.3) is 0 Å². The molecule has 0 bridgehead atoms. The summed E-state index contributed by atoms with van der Waals surface area (Å²) in [6.45, 7) is 0.881. The molecule has 4 aromatic rings. The van der Waals surface area contributed by atoms with Gasteiger partial charge in [0.1, 0.15) is 17.2 Å². The maximum Gasteiger partial charge on any atom is 0.416 e. The zero-order valence-corrected chi connectivity index (χ0v) is 23.1. The summed E-state index contributed by atoms with van der Waals surface area (Å²) in [5.74, 6) is -0.749. The number of anilines is 2. The molecule has 4 aromatic carbocycles. The fourth-order valence-corrected chi connectivity index (χ4v) is 6.43. The molecule has 0 atom stereocenters. The Morgan fingerprint density at radius 3 is 2.33 bits per heavy atom. The number of carbonyl (C=O) groups excluding carboxylic acids is 1. The summed E-state index contributed by atoms with van der Waals surface area (Å²) in [6, 6.07) is 24.7. The van der Waals surface area contributed by atoms with Crippen LogP contribution in [0.5, 0.6) is 5.75 Å². The number of ether oxygens (including phenoxy) is 1. The number of nitrogens with zero attached hydrogens (tertiary/aromatic N) is 1. The Morgan fingerprint density at radius 2 is 1.62 bits per heavy atom. The maximum atomic E-state index is 13.9. The number of benzene rings is 4. The standard InChI is InChI=1S/C29H25F3N2O4S2/c1-20-15-16-25(38-2)27(17-20)40(36,37)34(22-10-8-9-21(18-22)29(30,31)32)19-28(35)33-24-13-6-7-14-26(24)39-23-11-4-3-5-12-23/h3-18H,19H2,1-2H3,(H,33,35). The Balaban J connectivity index is 1.72. The highest BCUT2D eigenvalue weighted by molar-refractivity contribution is 7.99. The number of nitrogens with one attached hydrogen (secondary N) is 1. The number of amides is 1. The fraction of sp³-hybridized carbons (Fsp3) is 0.138. The number of carbonyl (C=O) groups is 1. The lowest BCUT2D eigenvalue weighted by Gasteiger charge is -2.26. The summed E-state index contributed by atoms with van der Waals surface area (Å²) >= 11 is 1.40. The average Bonchev–Trinajstić information content (AvgIpc) is 2.93. The van der Waals surface area contributed by atoms with Crippen LogP contribution >= 0.6 is 11.8 Å². The van der Waals surface area contributed by atoms with Crippen LogP contribution < -0.4 is 14.4 Å². The molecule has 0 unspecified atom stereocenters. The summed E-state index contributed by atoms with van der Waals surface area (Å²) in [6.07, 6.45) is -4.72. The fourth-order valence-electron chi connectivity index (χ4n) is 3.85. The molecular weight excluding hydrogens is 561 g/mol. The molecule has 0 saturated heterocycles. The Labute approximate surface area is 234 Å². The van der Waals surface area contributed by atoms with Crippen LogP contribution in [0, 0.1) is 6.92 Å². The predicted octanol–water partition coefficient (Wildman–Crippen LogP) is 7.01. The van der Waals surface area contributed by atoms with Gasteiger partial charge < -0.3 is 10.1 Å². The lowest BCUT2D eigenvalue weighted by molar-refractivity contribution is -0.137. The third-order valence-corrected chi connectivity index (χ3v) is 8.65. The van der Waals surface area contributed by atoms with Crippen molar-refractivity contribution in [2.75, 3.05) is 23.3 Å². The molecule has 6 nitrogen and oxygen atoms in total. The van der Waals surface area contributed by atoms with Crippen molar-refractivity contribution in [1.29, 1.82) is 0 Å². The number of sulfonamides is 1. The van der Waals surface area contributed by atoms with Crippen LogP contribution in [0.1, 0.15) is 11.1 Å². The Kier molecular flexibility index (Phi) is 8.75. The van der Waals surface area contributed by atoms with E-state index in [4.69, 9.17) is 4.74 Å². The third kappa shape index (κ3) is 6.78. The number of hydrogen-bond donors (Lipinski definition) is 1. The second-order valence-corrected chi connectivity index (χ2v) is 11.6. The van der Waals surface area contributed by atoms with E-state index in [0.29, 0.717) is 26.5 Å². The van der Waals surface area contributed by atoms with Crippen molar-refractivity contribution in [3.05, 3.63) is 108 Å². The van der Waals surface area contributed by atoms with E-state index in [1.54, 1.807) is 37.3 Å². The van der Waals surface area contributed by atoms with E-state index in [1.807, 2.05) is 30.3 Å². The number of aryl methyl sites for hydroxylation is 1. The van der Waals surface area contributed by atoms with Gasteiger partial charge in [-0.05, 0) is 67.1 Å². The summed E-state index contributed by atoms with van der Waals surface area (Å²) in [5.41, 5.74) is -0.359. The first kappa shape index (κ1) is 29.0. The zero-order chi connectivity index (χ0) is 28.9. The van der Waals surface area contributed by atoms with Gasteiger partial charge in [-0.2, -0.15) is 13.2 Å². The van der Waals surface area contributed by atoms with E-state index in [-0.39, 0.29) is 16.3 Å². The monoisotopic (exact) mass is 586 g/mol. The van der Waals surface area contributed by atoms with Gasteiger partial charge in [-0.3, -0.25) is 9.10 Å². The van der Waals surface area contributed by atoms with Gasteiger partial charge in [-0.1, -0.05) is 54.2 Å². The molecule has 1 amide bonds. The van der Waals surface area contributed by atoms with Gasteiger partial charge in [0.2, 0.25) is 5.91 Å². The molecule has 40 heavy (non-hydrogen) atoms. The maximum absolute atomic E-state index is 13.9. The first-order valence-electron chi connectivity index (χ1n) is 12.0. The van der Waals surface area contributed by atoms with E-state index < -0.39 is 34.2 Å². The lowest BCUT2D eigenvalue weighted by atomic mass is 10.2. The van der Waals surface area contributed by atoms with E-state index in [0.717, 1.165) is 17.0 Å². The molecule has 0 aliphatic carbocycles. The number of para-hydroxylation sites is 1. The van der Waals surface area contributed by atoms with E-state index >= 15 is 0 Å². The van der Waals surface area contributed by atoms with Crippen molar-refractivity contribution in [3.63, 3.8) is 0 Å². The van der Waals surface area contributed by atoms with Crippen molar-refractivity contribution < 1.29 is 31.1 Å². The van der Waals surface area contributed by atoms with Gasteiger partial charge in [0, 0.05) is 9.79 Å². The van der Waals surface area contributed by atoms with Gasteiger partial charge >= 0.3 is 6.18 Å². The summed E-state index contributed by atoms with van der Waals surface area (Å²) in [4.78, 5) is 14.6. The van der Waals surface area contributed by atoms with Crippen LogP contribution in [-0.2, 0) is 21.0 Å².